The van der Waals surface area contributed by atoms with Crippen LogP contribution in [0.4, 0.5) is 6.01 Å². The lowest BCUT2D eigenvalue weighted by atomic mass is 10.2. The van der Waals surface area contributed by atoms with Gasteiger partial charge in [0.15, 0.2) is 0 Å². The molecule has 1 aliphatic rings. The van der Waals surface area contributed by atoms with E-state index in [0.29, 0.717) is 28.7 Å². The molecular weight excluding hydrogens is 475 g/mol. The molecular formula is C21H20Cl2N4O4S. The molecule has 3 aromatic rings. The Balaban J connectivity index is 1.46. The van der Waals surface area contributed by atoms with Crippen LogP contribution in [0.2, 0.25) is 10.0 Å². The summed E-state index contributed by atoms with van der Waals surface area (Å²) in [5.74, 6) is -0.369. The van der Waals surface area contributed by atoms with Gasteiger partial charge in [-0.3, -0.25) is 10.1 Å². The summed E-state index contributed by atoms with van der Waals surface area (Å²) in [5, 5.41) is 11.0. The van der Waals surface area contributed by atoms with Crippen molar-refractivity contribution in [1.82, 2.24) is 14.5 Å². The highest BCUT2D eigenvalue weighted by Gasteiger charge is 2.25. The minimum atomic E-state index is -3.58. The van der Waals surface area contributed by atoms with Crippen molar-refractivity contribution in [2.75, 3.05) is 18.4 Å². The Morgan fingerprint density at radius 2 is 1.56 bits per heavy atom. The molecule has 2 aromatic carbocycles. The number of nitrogens with zero attached hydrogens (tertiary/aromatic N) is 3. The molecule has 1 N–H and O–H groups in total. The molecule has 1 aliphatic heterocycles. The maximum Gasteiger partial charge on any atom is 0.322 e. The van der Waals surface area contributed by atoms with Gasteiger partial charge in [0, 0.05) is 34.3 Å². The van der Waals surface area contributed by atoms with Gasteiger partial charge < -0.3 is 4.42 Å². The van der Waals surface area contributed by atoms with Gasteiger partial charge in [-0.1, -0.05) is 41.1 Å². The number of hydrogen-bond acceptors (Lipinski definition) is 6. The van der Waals surface area contributed by atoms with Gasteiger partial charge in [-0.05, 0) is 55.3 Å². The summed E-state index contributed by atoms with van der Waals surface area (Å²) in [4.78, 5) is 12.7. The number of carbonyl (C=O) groups is 1. The van der Waals surface area contributed by atoms with E-state index in [1.807, 2.05) is 0 Å². The van der Waals surface area contributed by atoms with Crippen LogP contribution < -0.4 is 5.32 Å². The van der Waals surface area contributed by atoms with Crippen molar-refractivity contribution in [2.45, 2.75) is 30.6 Å². The minimum Gasteiger partial charge on any atom is -0.403 e. The molecule has 168 valence electrons. The van der Waals surface area contributed by atoms with Gasteiger partial charge >= 0.3 is 6.01 Å². The second-order valence-electron chi connectivity index (χ2n) is 7.37. The molecule has 1 saturated heterocycles. The first-order chi connectivity index (χ1) is 15.3. The Morgan fingerprint density at radius 3 is 2.19 bits per heavy atom. The number of sulfonamides is 1. The first-order valence-corrected chi connectivity index (χ1v) is 12.2. The topological polar surface area (TPSA) is 105 Å². The molecule has 0 aliphatic carbocycles. The number of nitrogens with one attached hydrogen (secondary N) is 1. The predicted molar refractivity (Wildman–Crippen MR) is 121 cm³/mol. The normalized spacial score (nSPS) is 15.3. The van der Waals surface area contributed by atoms with Crippen LogP contribution in [-0.4, -0.2) is 41.9 Å². The fourth-order valence-electron chi connectivity index (χ4n) is 3.45. The van der Waals surface area contributed by atoms with E-state index in [0.717, 1.165) is 25.7 Å². The number of hydrogen-bond donors (Lipinski definition) is 1. The van der Waals surface area contributed by atoms with Crippen LogP contribution in [0.15, 0.2) is 51.8 Å². The zero-order valence-electron chi connectivity index (χ0n) is 16.9. The van der Waals surface area contributed by atoms with E-state index in [1.54, 1.807) is 18.2 Å². The smallest absolute Gasteiger partial charge is 0.322 e. The van der Waals surface area contributed by atoms with Crippen LogP contribution in [0.5, 0.6) is 0 Å². The van der Waals surface area contributed by atoms with Gasteiger partial charge in [0.2, 0.25) is 15.9 Å². The van der Waals surface area contributed by atoms with E-state index < -0.39 is 15.9 Å². The molecule has 1 amide bonds. The number of carbonyl (C=O) groups excluding carboxylic acids is 1. The number of amides is 1. The van der Waals surface area contributed by atoms with Crippen LogP contribution in [0.25, 0.3) is 11.5 Å². The van der Waals surface area contributed by atoms with Crippen molar-refractivity contribution in [3.8, 4) is 11.5 Å². The summed E-state index contributed by atoms with van der Waals surface area (Å²) < 4.78 is 32.7. The van der Waals surface area contributed by atoms with Gasteiger partial charge in [0.25, 0.3) is 5.91 Å². The highest BCUT2D eigenvalue weighted by atomic mass is 35.5. The largest absolute Gasteiger partial charge is 0.403 e. The van der Waals surface area contributed by atoms with Crippen LogP contribution in [-0.2, 0) is 10.0 Å². The molecule has 4 rings (SSSR count). The van der Waals surface area contributed by atoms with Gasteiger partial charge in [0.1, 0.15) is 0 Å². The minimum absolute atomic E-state index is 0.109. The number of rotatable bonds is 5. The third-order valence-electron chi connectivity index (χ3n) is 5.07. The Labute approximate surface area is 195 Å². The first kappa shape index (κ1) is 22.7. The fourth-order valence-corrected chi connectivity index (χ4v) is 5.49. The lowest BCUT2D eigenvalue weighted by Gasteiger charge is -2.19. The standard InChI is InChI=1S/C21H20Cl2N4O4S/c22-16-11-15(12-17(23)13-16)20-25-26-21(31-20)24-19(28)14-5-7-18(8-6-14)32(29,30)27-9-3-1-2-4-10-27/h5-8,11-13H,1-4,9-10H2,(H,24,26,28). The average Bonchev–Trinajstić information content (AvgIpc) is 3.04. The van der Waals surface area contributed by atoms with Gasteiger partial charge in [-0.15, -0.1) is 5.10 Å². The Morgan fingerprint density at radius 1 is 0.938 bits per heavy atom. The van der Waals surface area contributed by atoms with Crippen molar-refractivity contribution in [2.24, 2.45) is 0 Å². The first-order valence-electron chi connectivity index (χ1n) is 10.0. The molecule has 2 heterocycles. The highest BCUT2D eigenvalue weighted by molar-refractivity contribution is 7.89. The maximum atomic E-state index is 12.9. The number of benzene rings is 2. The van der Waals surface area contributed by atoms with Crippen molar-refractivity contribution in [3.05, 3.63) is 58.1 Å². The van der Waals surface area contributed by atoms with Gasteiger partial charge in [0.05, 0.1) is 4.90 Å². The molecule has 1 fully saturated rings. The molecule has 8 nitrogen and oxygen atoms in total. The summed E-state index contributed by atoms with van der Waals surface area (Å²) in [6.45, 7) is 1.03. The Bertz CT molecular complexity index is 1200. The molecule has 0 bridgehead atoms. The molecule has 0 radical (unpaired) electrons. The third-order valence-corrected chi connectivity index (χ3v) is 7.42. The predicted octanol–water partition coefficient (Wildman–Crippen LogP) is 4.86. The molecule has 11 heteroatoms. The monoisotopic (exact) mass is 494 g/mol. The molecule has 0 unspecified atom stereocenters. The van der Waals surface area contributed by atoms with Crippen molar-refractivity contribution < 1.29 is 17.6 Å². The molecule has 32 heavy (non-hydrogen) atoms. The maximum absolute atomic E-state index is 12.9. The van der Waals surface area contributed by atoms with E-state index in [4.69, 9.17) is 27.6 Å². The molecule has 0 saturated carbocycles. The van der Waals surface area contributed by atoms with Gasteiger partial charge in [-0.25, -0.2) is 8.42 Å². The molecule has 0 atom stereocenters. The molecule has 0 spiro atoms. The fraction of sp³-hybridized carbons (Fsp3) is 0.286. The van der Waals surface area contributed by atoms with E-state index in [1.165, 1.54) is 28.6 Å². The van der Waals surface area contributed by atoms with Gasteiger partial charge in [-0.2, -0.15) is 4.31 Å². The highest BCUT2D eigenvalue weighted by Crippen LogP contribution is 2.27. The zero-order valence-corrected chi connectivity index (χ0v) is 19.3. The van der Waals surface area contributed by atoms with E-state index >= 15 is 0 Å². The van der Waals surface area contributed by atoms with Crippen molar-refractivity contribution in [1.29, 1.82) is 0 Å². The SMILES string of the molecule is O=C(Nc1nnc(-c2cc(Cl)cc(Cl)c2)o1)c1ccc(S(=O)(=O)N2CCCCCC2)cc1. The third kappa shape index (κ3) is 5.12. The lowest BCUT2D eigenvalue weighted by molar-refractivity contribution is 0.102. The quantitative estimate of drug-likeness (QED) is 0.542. The van der Waals surface area contributed by atoms with Crippen molar-refractivity contribution >= 4 is 45.1 Å². The number of anilines is 1. The van der Waals surface area contributed by atoms with Crippen molar-refractivity contribution in [3.63, 3.8) is 0 Å². The average molecular weight is 495 g/mol. The van der Waals surface area contributed by atoms with E-state index in [2.05, 4.69) is 15.5 Å². The van der Waals surface area contributed by atoms with E-state index in [9.17, 15) is 13.2 Å². The van der Waals surface area contributed by atoms with Crippen LogP contribution in [0.3, 0.4) is 0 Å². The summed E-state index contributed by atoms with van der Waals surface area (Å²) >= 11 is 12.0. The van der Waals surface area contributed by atoms with Crippen LogP contribution >= 0.6 is 23.2 Å². The number of halogens is 2. The van der Waals surface area contributed by atoms with Crippen LogP contribution in [0.1, 0.15) is 36.0 Å². The number of aromatic nitrogens is 2. The summed E-state index contributed by atoms with van der Waals surface area (Å²) in [6.07, 6.45) is 3.78. The Hall–Kier alpha value is -2.46. The Kier molecular flexibility index (Phi) is 6.80. The second-order valence-corrected chi connectivity index (χ2v) is 10.2. The summed E-state index contributed by atoms with van der Waals surface area (Å²) in [5.41, 5.74) is 0.768. The summed E-state index contributed by atoms with van der Waals surface area (Å²) in [6, 6.07) is 10.4. The molecule has 1 aromatic heterocycles. The zero-order chi connectivity index (χ0) is 22.7. The van der Waals surface area contributed by atoms with E-state index in [-0.39, 0.29) is 22.4 Å². The lowest BCUT2D eigenvalue weighted by Crippen LogP contribution is -2.31. The second kappa shape index (κ2) is 9.58. The van der Waals surface area contributed by atoms with Crippen LogP contribution in [0, 0.1) is 0 Å². The summed E-state index contributed by atoms with van der Waals surface area (Å²) in [7, 11) is -3.58.